The van der Waals surface area contributed by atoms with Crippen molar-refractivity contribution >= 4 is 18.0 Å². The third-order valence-electron chi connectivity index (χ3n) is 4.04. The van der Waals surface area contributed by atoms with Gasteiger partial charge in [0.15, 0.2) is 5.82 Å². The Morgan fingerprint density at radius 1 is 1.04 bits per heavy atom. The van der Waals surface area contributed by atoms with Gasteiger partial charge < -0.3 is 15.1 Å². The van der Waals surface area contributed by atoms with Crippen molar-refractivity contribution in [3.8, 4) is 11.4 Å². The van der Waals surface area contributed by atoms with E-state index in [1.807, 2.05) is 36.4 Å². The number of carbonyl (C=O) groups is 1. The highest BCUT2D eigenvalue weighted by Gasteiger charge is 2.20. The first-order chi connectivity index (χ1) is 11.9. The Bertz CT molecular complexity index is 718. The van der Waals surface area contributed by atoms with Crippen LogP contribution in [0.5, 0.6) is 0 Å². The molecule has 2 aromatic rings. The number of anilines is 2. The number of hydrogen-bond donors (Lipinski definition) is 1. The van der Waals surface area contributed by atoms with Crippen molar-refractivity contribution in [2.75, 3.05) is 36.4 Å². The molecule has 1 aromatic carbocycles. The number of hydrogen-bond acceptors (Lipinski definition) is 5. The monoisotopic (exact) mass is 339 g/mol. The summed E-state index contributed by atoms with van der Waals surface area (Å²) in [6, 6.07) is 12.0. The van der Waals surface area contributed by atoms with Crippen LogP contribution in [0.3, 0.4) is 0 Å². The van der Waals surface area contributed by atoms with Crippen LogP contribution in [-0.4, -0.2) is 53.0 Å². The van der Waals surface area contributed by atoms with Gasteiger partial charge in [-0.2, -0.15) is 0 Å². The molecule has 0 bridgehead atoms. The number of rotatable bonds is 4. The van der Waals surface area contributed by atoms with Crippen LogP contribution in [0.2, 0.25) is 0 Å². The summed E-state index contributed by atoms with van der Waals surface area (Å²) in [5, 5.41) is 3.45. The summed E-state index contributed by atoms with van der Waals surface area (Å²) in [5.74, 6) is 2.42. The van der Waals surface area contributed by atoms with Crippen molar-refractivity contribution in [1.82, 2.24) is 14.9 Å². The van der Waals surface area contributed by atoms with E-state index in [2.05, 4.69) is 31.0 Å². The van der Waals surface area contributed by atoms with Crippen LogP contribution >= 0.6 is 0 Å². The van der Waals surface area contributed by atoms with Gasteiger partial charge in [0.05, 0.1) is 0 Å². The van der Waals surface area contributed by atoms with E-state index in [0.717, 1.165) is 49.8 Å². The normalized spacial score (nSPS) is 15.2. The van der Waals surface area contributed by atoms with Gasteiger partial charge in [-0.1, -0.05) is 30.3 Å². The second-order valence-electron chi connectivity index (χ2n) is 7.30. The Morgan fingerprint density at radius 3 is 2.32 bits per heavy atom. The van der Waals surface area contributed by atoms with E-state index in [9.17, 15) is 4.79 Å². The van der Waals surface area contributed by atoms with Gasteiger partial charge in [-0.25, -0.2) is 9.97 Å². The van der Waals surface area contributed by atoms with Crippen molar-refractivity contribution in [1.29, 1.82) is 0 Å². The first-order valence-corrected chi connectivity index (χ1v) is 8.61. The average Bonchev–Trinajstić information content (AvgIpc) is 2.61. The Balaban J connectivity index is 1.94. The van der Waals surface area contributed by atoms with E-state index >= 15 is 0 Å². The van der Waals surface area contributed by atoms with Gasteiger partial charge in [-0.3, -0.25) is 4.79 Å². The maximum Gasteiger partial charge on any atom is 0.209 e. The Hall–Kier alpha value is -2.63. The highest BCUT2D eigenvalue weighted by atomic mass is 16.1. The van der Waals surface area contributed by atoms with E-state index in [0.29, 0.717) is 5.82 Å². The number of carbonyl (C=O) groups excluding carboxylic acids is 1. The summed E-state index contributed by atoms with van der Waals surface area (Å²) in [5.41, 5.74) is 0.906. The summed E-state index contributed by atoms with van der Waals surface area (Å²) in [6.07, 6.45) is 0.916. The molecule has 1 saturated heterocycles. The quantitative estimate of drug-likeness (QED) is 0.868. The number of piperazine rings is 1. The van der Waals surface area contributed by atoms with Gasteiger partial charge in [-0.05, 0) is 20.8 Å². The maximum atomic E-state index is 10.9. The van der Waals surface area contributed by atoms with Crippen molar-refractivity contribution in [3.63, 3.8) is 0 Å². The molecule has 0 aliphatic carbocycles. The smallest absolute Gasteiger partial charge is 0.209 e. The molecular formula is C19H25N5O. The van der Waals surface area contributed by atoms with Gasteiger partial charge >= 0.3 is 0 Å². The average molecular weight is 339 g/mol. The van der Waals surface area contributed by atoms with E-state index in [4.69, 9.17) is 9.97 Å². The van der Waals surface area contributed by atoms with Gasteiger partial charge in [0.25, 0.3) is 0 Å². The second-order valence-corrected chi connectivity index (χ2v) is 7.30. The molecule has 0 unspecified atom stereocenters. The fraction of sp³-hybridized carbons (Fsp3) is 0.421. The van der Waals surface area contributed by atoms with Crippen LogP contribution in [0.4, 0.5) is 11.6 Å². The number of nitrogens with one attached hydrogen (secondary N) is 1. The molecule has 1 fully saturated rings. The minimum atomic E-state index is -0.0875. The second kappa shape index (κ2) is 7.09. The summed E-state index contributed by atoms with van der Waals surface area (Å²) >= 11 is 0. The van der Waals surface area contributed by atoms with Gasteiger partial charge in [-0.15, -0.1) is 0 Å². The maximum absolute atomic E-state index is 10.9. The topological polar surface area (TPSA) is 61.4 Å². The zero-order valence-corrected chi connectivity index (χ0v) is 15.1. The van der Waals surface area contributed by atoms with Crippen LogP contribution in [0.25, 0.3) is 11.4 Å². The first-order valence-electron chi connectivity index (χ1n) is 8.61. The highest BCUT2D eigenvalue weighted by molar-refractivity contribution is 5.62. The Morgan fingerprint density at radius 2 is 1.72 bits per heavy atom. The highest BCUT2D eigenvalue weighted by Crippen LogP contribution is 2.24. The lowest BCUT2D eigenvalue weighted by atomic mass is 10.1. The summed E-state index contributed by atoms with van der Waals surface area (Å²) in [4.78, 5) is 24.4. The fourth-order valence-electron chi connectivity index (χ4n) is 2.82. The molecule has 0 atom stereocenters. The molecule has 0 spiro atoms. The molecule has 6 nitrogen and oxygen atoms in total. The molecule has 0 saturated carbocycles. The third kappa shape index (κ3) is 4.47. The number of amides is 1. The molecule has 0 radical (unpaired) electrons. The SMILES string of the molecule is CC(C)(C)Nc1cc(N2CCN(C=O)CC2)nc(-c2ccccc2)n1. The lowest BCUT2D eigenvalue weighted by molar-refractivity contribution is -0.118. The largest absolute Gasteiger partial charge is 0.365 e. The zero-order valence-electron chi connectivity index (χ0n) is 15.1. The molecule has 1 amide bonds. The number of nitrogens with zero attached hydrogens (tertiary/aromatic N) is 4. The molecule has 1 aliphatic rings. The Labute approximate surface area is 148 Å². The minimum absolute atomic E-state index is 0.0875. The van der Waals surface area contributed by atoms with Gasteiger partial charge in [0, 0.05) is 43.3 Å². The predicted octanol–water partition coefficient (Wildman–Crippen LogP) is 2.63. The van der Waals surface area contributed by atoms with Crippen molar-refractivity contribution < 1.29 is 4.79 Å². The van der Waals surface area contributed by atoms with Crippen LogP contribution in [0.1, 0.15) is 20.8 Å². The molecule has 25 heavy (non-hydrogen) atoms. The van der Waals surface area contributed by atoms with E-state index in [1.54, 1.807) is 4.90 Å². The fourth-order valence-corrected chi connectivity index (χ4v) is 2.82. The number of aromatic nitrogens is 2. The minimum Gasteiger partial charge on any atom is -0.365 e. The van der Waals surface area contributed by atoms with Crippen LogP contribution in [0, 0.1) is 0 Å². The summed E-state index contributed by atoms with van der Waals surface area (Å²) in [6.45, 7) is 9.32. The van der Waals surface area contributed by atoms with E-state index < -0.39 is 0 Å². The predicted molar refractivity (Wildman–Crippen MR) is 101 cm³/mol. The van der Waals surface area contributed by atoms with E-state index in [1.165, 1.54) is 0 Å². The van der Waals surface area contributed by atoms with Gasteiger partial charge in [0.2, 0.25) is 6.41 Å². The standard InChI is InChI=1S/C19H25N5O/c1-19(2,3)22-16-13-17(24-11-9-23(14-25)10-12-24)21-18(20-16)15-7-5-4-6-8-15/h4-8,13-14H,9-12H2,1-3H3,(H,20,21,22). The molecular weight excluding hydrogens is 314 g/mol. The van der Waals surface area contributed by atoms with Crippen LogP contribution < -0.4 is 10.2 Å². The lowest BCUT2D eigenvalue weighted by Gasteiger charge is -2.33. The molecule has 6 heteroatoms. The van der Waals surface area contributed by atoms with Crippen molar-refractivity contribution in [3.05, 3.63) is 36.4 Å². The Kier molecular flexibility index (Phi) is 4.88. The molecule has 132 valence electrons. The third-order valence-corrected chi connectivity index (χ3v) is 4.04. The number of benzene rings is 1. The zero-order chi connectivity index (χ0) is 17.9. The summed E-state index contributed by atoms with van der Waals surface area (Å²) in [7, 11) is 0. The van der Waals surface area contributed by atoms with Gasteiger partial charge in [0.1, 0.15) is 11.6 Å². The van der Waals surface area contributed by atoms with Crippen LogP contribution in [-0.2, 0) is 4.79 Å². The molecule has 2 heterocycles. The molecule has 3 rings (SSSR count). The molecule has 1 aromatic heterocycles. The molecule has 1 aliphatic heterocycles. The lowest BCUT2D eigenvalue weighted by Crippen LogP contribution is -2.46. The van der Waals surface area contributed by atoms with Crippen molar-refractivity contribution in [2.45, 2.75) is 26.3 Å². The van der Waals surface area contributed by atoms with E-state index in [-0.39, 0.29) is 5.54 Å². The first kappa shape index (κ1) is 17.2. The summed E-state index contributed by atoms with van der Waals surface area (Å²) < 4.78 is 0. The molecule has 1 N–H and O–H groups in total. The van der Waals surface area contributed by atoms with Crippen LogP contribution in [0.15, 0.2) is 36.4 Å². The van der Waals surface area contributed by atoms with Crippen molar-refractivity contribution in [2.24, 2.45) is 0 Å².